The van der Waals surface area contributed by atoms with E-state index in [1.54, 1.807) is 6.20 Å². The summed E-state index contributed by atoms with van der Waals surface area (Å²) in [5.74, 6) is 1.91. The molecule has 2 aromatic heterocycles. The van der Waals surface area contributed by atoms with Gasteiger partial charge in [0, 0.05) is 34.6 Å². The largest absolute Gasteiger partial charge is 0.264 e. The quantitative estimate of drug-likeness (QED) is 0.188. The standard InChI is InChI=1S/C42H26N4/c1-2-7-27(8-3-1)28-14-18-32(19-15-28)40-44-41(34-12-5-11-33(25-34)35-13-6-24-43-26-35)46-42(45-40)37-23-21-31-17-16-29-9-4-10-30-20-22-36(37)39(31)38(29)30/h1-26H. The highest BCUT2D eigenvalue weighted by molar-refractivity contribution is 6.25. The fraction of sp³-hybridized carbons (Fsp3) is 0. The maximum absolute atomic E-state index is 5.14. The lowest BCUT2D eigenvalue weighted by atomic mass is 9.92. The van der Waals surface area contributed by atoms with Crippen molar-refractivity contribution in [2.24, 2.45) is 0 Å². The van der Waals surface area contributed by atoms with Crippen LogP contribution in [0.25, 0.3) is 88.7 Å². The molecule has 0 aliphatic rings. The van der Waals surface area contributed by atoms with Gasteiger partial charge in [-0.05, 0) is 67.2 Å². The van der Waals surface area contributed by atoms with E-state index >= 15 is 0 Å². The molecule has 0 bridgehead atoms. The van der Waals surface area contributed by atoms with Crippen LogP contribution in [-0.2, 0) is 0 Å². The van der Waals surface area contributed by atoms with Crippen LogP contribution in [0, 0.1) is 0 Å². The Morgan fingerprint density at radius 2 is 0.935 bits per heavy atom. The van der Waals surface area contributed by atoms with E-state index in [1.165, 1.54) is 32.5 Å². The van der Waals surface area contributed by atoms with Crippen LogP contribution < -0.4 is 0 Å². The van der Waals surface area contributed by atoms with Crippen molar-refractivity contribution in [3.05, 3.63) is 158 Å². The van der Waals surface area contributed by atoms with Gasteiger partial charge in [-0.2, -0.15) is 0 Å². The van der Waals surface area contributed by atoms with E-state index in [0.717, 1.165) is 38.8 Å². The predicted octanol–water partition coefficient (Wildman–Crippen LogP) is 10.5. The van der Waals surface area contributed by atoms with Crippen LogP contribution in [0.2, 0.25) is 0 Å². The molecular formula is C42H26N4. The number of hydrogen-bond acceptors (Lipinski definition) is 4. The SMILES string of the molecule is c1ccc(-c2ccc(-c3nc(-c4cccc(-c5cccnc5)c4)nc(-c4ccc5ccc6cccc7ccc4c5c67)n3)cc2)cc1. The third kappa shape index (κ3) is 4.47. The van der Waals surface area contributed by atoms with Crippen molar-refractivity contribution < 1.29 is 0 Å². The Morgan fingerprint density at radius 1 is 0.348 bits per heavy atom. The Kier molecular flexibility index (Phi) is 6.10. The van der Waals surface area contributed by atoms with Gasteiger partial charge in [0.2, 0.25) is 0 Å². The minimum Gasteiger partial charge on any atom is -0.264 e. The molecule has 2 heterocycles. The molecule has 9 aromatic rings. The summed E-state index contributed by atoms with van der Waals surface area (Å²) in [5.41, 5.74) is 7.27. The molecule has 0 N–H and O–H groups in total. The van der Waals surface area contributed by atoms with Crippen molar-refractivity contribution in [1.29, 1.82) is 0 Å². The summed E-state index contributed by atoms with van der Waals surface area (Å²) in [7, 11) is 0. The summed E-state index contributed by atoms with van der Waals surface area (Å²) in [6.45, 7) is 0. The first-order valence-electron chi connectivity index (χ1n) is 15.4. The molecule has 9 rings (SSSR count). The summed E-state index contributed by atoms with van der Waals surface area (Å²) in [6, 6.07) is 50.8. The number of rotatable bonds is 5. The molecule has 0 amide bonds. The highest BCUT2D eigenvalue weighted by Crippen LogP contribution is 2.39. The van der Waals surface area contributed by atoms with Gasteiger partial charge in [-0.3, -0.25) is 4.98 Å². The maximum atomic E-state index is 5.14. The second-order valence-electron chi connectivity index (χ2n) is 11.5. The molecule has 0 aliphatic heterocycles. The summed E-state index contributed by atoms with van der Waals surface area (Å²) in [4.78, 5) is 19.7. The smallest absolute Gasteiger partial charge is 0.164 e. The Bertz CT molecular complexity index is 2490. The van der Waals surface area contributed by atoms with E-state index in [0.29, 0.717) is 17.5 Å². The molecule has 0 saturated heterocycles. The highest BCUT2D eigenvalue weighted by Gasteiger charge is 2.17. The van der Waals surface area contributed by atoms with E-state index in [2.05, 4.69) is 132 Å². The van der Waals surface area contributed by atoms with E-state index in [9.17, 15) is 0 Å². The lowest BCUT2D eigenvalue weighted by Gasteiger charge is -2.14. The van der Waals surface area contributed by atoms with Gasteiger partial charge in [0.15, 0.2) is 17.5 Å². The average molecular weight is 587 g/mol. The molecule has 0 fully saturated rings. The Balaban J connectivity index is 1.25. The molecule has 0 radical (unpaired) electrons. The Morgan fingerprint density at radius 3 is 1.72 bits per heavy atom. The molecule has 4 heteroatoms. The van der Waals surface area contributed by atoms with E-state index in [-0.39, 0.29) is 0 Å². The van der Waals surface area contributed by atoms with Gasteiger partial charge < -0.3 is 0 Å². The van der Waals surface area contributed by atoms with Crippen LogP contribution in [-0.4, -0.2) is 19.9 Å². The molecule has 0 atom stereocenters. The Hall–Kier alpha value is -6.26. The van der Waals surface area contributed by atoms with Crippen LogP contribution in [0.5, 0.6) is 0 Å². The number of nitrogens with zero attached hydrogens (tertiary/aromatic N) is 4. The van der Waals surface area contributed by atoms with Crippen molar-refractivity contribution in [1.82, 2.24) is 19.9 Å². The van der Waals surface area contributed by atoms with Gasteiger partial charge in [0.05, 0.1) is 0 Å². The molecule has 7 aromatic carbocycles. The molecule has 0 spiro atoms. The number of benzene rings is 7. The van der Waals surface area contributed by atoms with Crippen LogP contribution in [0.1, 0.15) is 0 Å². The van der Waals surface area contributed by atoms with Crippen molar-refractivity contribution in [3.63, 3.8) is 0 Å². The third-order valence-electron chi connectivity index (χ3n) is 8.77. The predicted molar refractivity (Wildman–Crippen MR) is 189 cm³/mol. The van der Waals surface area contributed by atoms with Gasteiger partial charge in [-0.1, -0.05) is 127 Å². The zero-order chi connectivity index (χ0) is 30.5. The van der Waals surface area contributed by atoms with E-state index < -0.39 is 0 Å². The number of aromatic nitrogens is 4. The van der Waals surface area contributed by atoms with Crippen molar-refractivity contribution in [2.45, 2.75) is 0 Å². The summed E-state index contributed by atoms with van der Waals surface area (Å²) in [5, 5.41) is 7.31. The fourth-order valence-corrected chi connectivity index (χ4v) is 6.50. The summed E-state index contributed by atoms with van der Waals surface area (Å²) < 4.78 is 0. The highest BCUT2D eigenvalue weighted by atomic mass is 15.0. The van der Waals surface area contributed by atoms with Crippen molar-refractivity contribution >= 4 is 32.3 Å². The van der Waals surface area contributed by atoms with Gasteiger partial charge in [-0.25, -0.2) is 15.0 Å². The third-order valence-corrected chi connectivity index (χ3v) is 8.77. The van der Waals surface area contributed by atoms with E-state index in [4.69, 9.17) is 15.0 Å². The normalized spacial score (nSPS) is 11.5. The molecule has 4 nitrogen and oxygen atoms in total. The zero-order valence-corrected chi connectivity index (χ0v) is 24.8. The van der Waals surface area contributed by atoms with Gasteiger partial charge in [-0.15, -0.1) is 0 Å². The zero-order valence-electron chi connectivity index (χ0n) is 24.8. The lowest BCUT2D eigenvalue weighted by Crippen LogP contribution is -2.01. The second kappa shape index (κ2) is 10.7. The van der Waals surface area contributed by atoms with E-state index in [1.807, 2.05) is 24.4 Å². The molecule has 214 valence electrons. The first kappa shape index (κ1) is 26.2. The fourth-order valence-electron chi connectivity index (χ4n) is 6.50. The van der Waals surface area contributed by atoms with Crippen molar-refractivity contribution in [3.8, 4) is 56.4 Å². The summed E-state index contributed by atoms with van der Waals surface area (Å²) >= 11 is 0. The number of pyridine rings is 1. The van der Waals surface area contributed by atoms with Crippen LogP contribution in [0.3, 0.4) is 0 Å². The maximum Gasteiger partial charge on any atom is 0.164 e. The topological polar surface area (TPSA) is 51.6 Å². The number of hydrogen-bond donors (Lipinski definition) is 0. The monoisotopic (exact) mass is 586 g/mol. The summed E-state index contributed by atoms with van der Waals surface area (Å²) in [6.07, 6.45) is 3.67. The van der Waals surface area contributed by atoms with Crippen LogP contribution >= 0.6 is 0 Å². The van der Waals surface area contributed by atoms with Gasteiger partial charge >= 0.3 is 0 Å². The first-order chi connectivity index (χ1) is 22.8. The molecule has 0 unspecified atom stereocenters. The Labute approximate surface area is 266 Å². The molecular weight excluding hydrogens is 560 g/mol. The second-order valence-corrected chi connectivity index (χ2v) is 11.5. The molecule has 46 heavy (non-hydrogen) atoms. The van der Waals surface area contributed by atoms with Crippen LogP contribution in [0.15, 0.2) is 158 Å². The average Bonchev–Trinajstić information content (AvgIpc) is 3.14. The minimum absolute atomic E-state index is 0.628. The minimum atomic E-state index is 0.628. The first-order valence-corrected chi connectivity index (χ1v) is 15.4. The molecule has 0 aliphatic carbocycles. The van der Waals surface area contributed by atoms with Crippen molar-refractivity contribution in [2.75, 3.05) is 0 Å². The van der Waals surface area contributed by atoms with Crippen LogP contribution in [0.4, 0.5) is 0 Å². The molecule has 0 saturated carbocycles. The lowest BCUT2D eigenvalue weighted by molar-refractivity contribution is 1.08. The van der Waals surface area contributed by atoms with Gasteiger partial charge in [0.1, 0.15) is 0 Å². The van der Waals surface area contributed by atoms with Gasteiger partial charge in [0.25, 0.3) is 0 Å².